The molecule has 0 heterocycles. The van der Waals surface area contributed by atoms with Crippen molar-refractivity contribution in [3.05, 3.63) is 29.8 Å². The van der Waals surface area contributed by atoms with Gasteiger partial charge < -0.3 is 5.32 Å². The lowest BCUT2D eigenvalue weighted by Crippen LogP contribution is -2.37. The number of sulfone groups is 1. The molecule has 0 fully saturated rings. The number of hydrogen-bond acceptors (Lipinski definition) is 3. The molecule has 0 aliphatic heterocycles. The lowest BCUT2D eigenvalue weighted by atomic mass is 10.1. The van der Waals surface area contributed by atoms with Crippen LogP contribution in [0.4, 0.5) is 8.78 Å². The Kier molecular flexibility index (Phi) is 4.81. The van der Waals surface area contributed by atoms with Gasteiger partial charge in [-0.1, -0.05) is 13.8 Å². The molecule has 3 nitrogen and oxygen atoms in total. The van der Waals surface area contributed by atoms with Crippen molar-refractivity contribution in [3.8, 4) is 0 Å². The highest BCUT2D eigenvalue weighted by Gasteiger charge is 2.23. The van der Waals surface area contributed by atoms with Gasteiger partial charge in [-0.3, -0.25) is 0 Å². The van der Waals surface area contributed by atoms with Gasteiger partial charge in [0.1, 0.15) is 0 Å². The Bertz CT molecular complexity index is 515. The van der Waals surface area contributed by atoms with Gasteiger partial charge in [0.25, 0.3) is 0 Å². The highest BCUT2D eigenvalue weighted by molar-refractivity contribution is 7.91. The third-order valence-corrected chi connectivity index (χ3v) is 4.59. The maximum Gasteiger partial charge on any atom is 0.180 e. The van der Waals surface area contributed by atoms with Crippen molar-refractivity contribution >= 4 is 9.84 Å². The second-order valence-electron chi connectivity index (χ2n) is 4.50. The van der Waals surface area contributed by atoms with Crippen LogP contribution in [0.1, 0.15) is 13.8 Å². The minimum Gasteiger partial charge on any atom is -0.316 e. The molecular formula is C12H17F2NO2S. The Labute approximate surface area is 106 Å². The van der Waals surface area contributed by atoms with E-state index in [1.165, 1.54) is 0 Å². The van der Waals surface area contributed by atoms with Gasteiger partial charge in [-0.2, -0.15) is 0 Å². The average molecular weight is 277 g/mol. The summed E-state index contributed by atoms with van der Waals surface area (Å²) < 4.78 is 49.9. The molecule has 1 atom stereocenters. The predicted octanol–water partition coefficient (Wildman–Crippen LogP) is 1.98. The molecule has 1 unspecified atom stereocenters. The Morgan fingerprint density at radius 1 is 1.22 bits per heavy atom. The van der Waals surface area contributed by atoms with Gasteiger partial charge in [-0.05, 0) is 31.2 Å². The number of hydrogen-bond donors (Lipinski definition) is 1. The summed E-state index contributed by atoms with van der Waals surface area (Å²) in [7, 11) is -1.95. The lowest BCUT2D eigenvalue weighted by molar-refractivity contribution is 0.454. The standard InChI is InChI=1S/C12H17F2NO2S/c1-8(2)12(15-3)7-18(16,17)9-4-5-10(13)11(14)6-9/h4-6,8,12,15H,7H2,1-3H3. The van der Waals surface area contributed by atoms with Crippen LogP contribution in [-0.4, -0.2) is 27.3 Å². The molecule has 0 saturated heterocycles. The predicted molar refractivity (Wildman–Crippen MR) is 66.1 cm³/mol. The van der Waals surface area contributed by atoms with Gasteiger partial charge in [-0.25, -0.2) is 17.2 Å². The Hall–Kier alpha value is -1.01. The van der Waals surface area contributed by atoms with Crippen molar-refractivity contribution in [2.75, 3.05) is 12.8 Å². The molecular weight excluding hydrogens is 260 g/mol. The summed E-state index contributed by atoms with van der Waals surface area (Å²) in [4.78, 5) is -0.192. The van der Waals surface area contributed by atoms with Crippen LogP contribution in [0.2, 0.25) is 0 Å². The fourth-order valence-electron chi connectivity index (χ4n) is 1.61. The fraction of sp³-hybridized carbons (Fsp3) is 0.500. The second kappa shape index (κ2) is 5.75. The van der Waals surface area contributed by atoms with Crippen molar-refractivity contribution < 1.29 is 17.2 Å². The van der Waals surface area contributed by atoms with E-state index in [2.05, 4.69) is 5.32 Å². The summed E-state index contributed by atoms with van der Waals surface area (Å²) in [5, 5.41) is 2.91. The highest BCUT2D eigenvalue weighted by Crippen LogP contribution is 2.17. The minimum atomic E-state index is -3.63. The Morgan fingerprint density at radius 2 is 1.83 bits per heavy atom. The molecule has 0 aromatic heterocycles. The van der Waals surface area contributed by atoms with Crippen molar-refractivity contribution in [2.24, 2.45) is 5.92 Å². The molecule has 6 heteroatoms. The molecule has 1 N–H and O–H groups in total. The molecule has 0 radical (unpaired) electrons. The third kappa shape index (κ3) is 3.49. The molecule has 0 saturated carbocycles. The lowest BCUT2D eigenvalue weighted by Gasteiger charge is -2.20. The fourth-order valence-corrected chi connectivity index (χ4v) is 3.39. The van der Waals surface area contributed by atoms with Gasteiger partial charge in [0.05, 0.1) is 10.6 Å². The topological polar surface area (TPSA) is 46.2 Å². The summed E-state index contributed by atoms with van der Waals surface area (Å²) in [6.45, 7) is 3.78. The molecule has 1 aromatic carbocycles. The third-order valence-electron chi connectivity index (χ3n) is 2.82. The summed E-state index contributed by atoms with van der Waals surface area (Å²) in [5.74, 6) is -2.23. The number of nitrogens with one attached hydrogen (secondary N) is 1. The first-order valence-electron chi connectivity index (χ1n) is 5.63. The first kappa shape index (κ1) is 15.0. The average Bonchev–Trinajstić information content (AvgIpc) is 2.29. The maximum atomic E-state index is 13.0. The van der Waals surface area contributed by atoms with E-state index in [9.17, 15) is 17.2 Å². The van der Waals surface area contributed by atoms with Crippen molar-refractivity contribution in [1.29, 1.82) is 0 Å². The molecule has 0 aliphatic carbocycles. The van der Waals surface area contributed by atoms with Crippen LogP contribution in [0.5, 0.6) is 0 Å². The summed E-state index contributed by atoms with van der Waals surface area (Å²) in [5.41, 5.74) is 0. The van der Waals surface area contributed by atoms with Gasteiger partial charge in [0.15, 0.2) is 21.5 Å². The molecule has 1 rings (SSSR count). The quantitative estimate of drug-likeness (QED) is 0.837. The zero-order chi connectivity index (χ0) is 13.9. The smallest absolute Gasteiger partial charge is 0.180 e. The first-order valence-corrected chi connectivity index (χ1v) is 7.28. The monoisotopic (exact) mass is 277 g/mol. The van der Waals surface area contributed by atoms with Crippen LogP contribution in [0.25, 0.3) is 0 Å². The van der Waals surface area contributed by atoms with Gasteiger partial charge in [-0.15, -0.1) is 0 Å². The summed E-state index contributed by atoms with van der Waals surface area (Å²) >= 11 is 0. The maximum absolute atomic E-state index is 13.0. The summed E-state index contributed by atoms with van der Waals surface area (Å²) in [6.07, 6.45) is 0. The Morgan fingerprint density at radius 3 is 2.28 bits per heavy atom. The molecule has 0 bridgehead atoms. The van der Waals surface area contributed by atoms with Gasteiger partial charge in [0, 0.05) is 6.04 Å². The Balaban J connectivity index is 3.02. The van der Waals surface area contributed by atoms with Crippen LogP contribution in [0.3, 0.4) is 0 Å². The van der Waals surface area contributed by atoms with Crippen LogP contribution >= 0.6 is 0 Å². The molecule has 0 amide bonds. The van der Waals surface area contributed by atoms with Crippen molar-refractivity contribution in [1.82, 2.24) is 5.32 Å². The first-order chi connectivity index (χ1) is 8.27. The van der Waals surface area contributed by atoms with Crippen LogP contribution < -0.4 is 5.32 Å². The summed E-state index contributed by atoms with van der Waals surface area (Å²) in [6, 6.07) is 2.40. The number of benzene rings is 1. The zero-order valence-electron chi connectivity index (χ0n) is 10.6. The van der Waals surface area contributed by atoms with Crippen molar-refractivity contribution in [2.45, 2.75) is 24.8 Å². The molecule has 0 aliphatic rings. The van der Waals surface area contributed by atoms with Crippen molar-refractivity contribution in [3.63, 3.8) is 0 Å². The normalized spacial score (nSPS) is 13.9. The zero-order valence-corrected chi connectivity index (χ0v) is 11.4. The minimum absolute atomic E-state index is 0.120. The number of halogens is 2. The molecule has 18 heavy (non-hydrogen) atoms. The number of rotatable bonds is 5. The van der Waals surface area contributed by atoms with Gasteiger partial charge in [0.2, 0.25) is 0 Å². The van der Waals surface area contributed by atoms with E-state index in [1.54, 1.807) is 7.05 Å². The molecule has 102 valence electrons. The van der Waals surface area contributed by atoms with Crippen LogP contribution in [0.15, 0.2) is 23.1 Å². The molecule has 1 aromatic rings. The van der Waals surface area contributed by atoms with E-state index in [0.29, 0.717) is 0 Å². The SMILES string of the molecule is CNC(CS(=O)(=O)c1ccc(F)c(F)c1)C(C)C. The largest absolute Gasteiger partial charge is 0.316 e. The van der Waals surface area contributed by atoms with Crippen LogP contribution in [0, 0.1) is 17.6 Å². The molecule has 0 spiro atoms. The van der Waals surface area contributed by atoms with E-state index in [0.717, 1.165) is 18.2 Å². The van der Waals surface area contributed by atoms with E-state index in [1.807, 2.05) is 13.8 Å². The van der Waals surface area contributed by atoms with E-state index < -0.39 is 21.5 Å². The van der Waals surface area contributed by atoms with Crippen LogP contribution in [-0.2, 0) is 9.84 Å². The second-order valence-corrected chi connectivity index (χ2v) is 6.53. The van der Waals surface area contributed by atoms with Gasteiger partial charge >= 0.3 is 0 Å². The van der Waals surface area contributed by atoms with E-state index in [4.69, 9.17) is 0 Å². The van der Waals surface area contributed by atoms with E-state index >= 15 is 0 Å². The van der Waals surface area contributed by atoms with E-state index in [-0.39, 0.29) is 22.6 Å². The highest BCUT2D eigenvalue weighted by atomic mass is 32.2.